The molecule has 1 heterocycles. The SMILES string of the molecule is CCCCCCCCCCC(CCCCCCCC)COC(=O)NC1CC(C)(C)CC(C)(CNC(=O)Nc2nc(=O)c(CCOC(=O)NCC3(C)CC(NC(=O)OCC(CCCCCCCC)CCCCCCCCCC)CC(C)(C)C3)c(C)[nH]2)C1. The molecule has 2 saturated carbocycles. The number of nitrogens with one attached hydrogen (secondary N) is 6. The number of urea groups is 1. The van der Waals surface area contributed by atoms with Crippen molar-refractivity contribution < 1.29 is 33.4 Å². The van der Waals surface area contributed by atoms with Crippen LogP contribution in [0.15, 0.2) is 4.79 Å². The van der Waals surface area contributed by atoms with E-state index in [4.69, 9.17) is 14.2 Å². The fraction of sp³-hybridized carbons (Fsp3) is 0.887. The van der Waals surface area contributed by atoms with Crippen molar-refractivity contribution in [3.63, 3.8) is 0 Å². The molecule has 3 rings (SSSR count). The van der Waals surface area contributed by atoms with E-state index in [1.807, 2.05) is 0 Å². The Morgan fingerprint density at radius 2 is 0.860 bits per heavy atom. The quantitative estimate of drug-likeness (QED) is 0.0271. The molecular formula is C71H131N7O8. The monoisotopic (exact) mass is 1210 g/mol. The Balaban J connectivity index is 1.45. The first-order valence-electron chi connectivity index (χ1n) is 35.5. The van der Waals surface area contributed by atoms with E-state index < -0.39 is 17.7 Å². The third kappa shape index (κ3) is 34.6. The van der Waals surface area contributed by atoms with Crippen LogP contribution in [0, 0.1) is 40.4 Å². The van der Waals surface area contributed by atoms with E-state index in [0.717, 1.165) is 51.4 Å². The van der Waals surface area contributed by atoms with Gasteiger partial charge >= 0.3 is 24.3 Å². The molecular weight excluding hydrogens is 1080 g/mol. The average Bonchev–Trinajstić information content (AvgIpc) is 1.23. The molecule has 2 fully saturated rings. The van der Waals surface area contributed by atoms with Crippen molar-refractivity contribution in [1.29, 1.82) is 0 Å². The molecule has 2 aliphatic rings. The number of carbonyl (C=O) groups is 4. The van der Waals surface area contributed by atoms with Gasteiger partial charge in [-0.15, -0.1) is 0 Å². The van der Waals surface area contributed by atoms with Gasteiger partial charge < -0.3 is 40.5 Å². The summed E-state index contributed by atoms with van der Waals surface area (Å²) in [6.07, 6.45) is 43.7. The highest BCUT2D eigenvalue weighted by Crippen LogP contribution is 2.47. The topological polar surface area (TPSA) is 202 Å². The summed E-state index contributed by atoms with van der Waals surface area (Å²) in [7, 11) is 0. The largest absolute Gasteiger partial charge is 0.449 e. The minimum atomic E-state index is -0.577. The summed E-state index contributed by atoms with van der Waals surface area (Å²) in [6.45, 7) is 25.5. The van der Waals surface area contributed by atoms with Gasteiger partial charge in [0.1, 0.15) is 0 Å². The molecule has 86 heavy (non-hydrogen) atoms. The van der Waals surface area contributed by atoms with E-state index in [1.54, 1.807) is 6.92 Å². The number of alkyl carbamates (subject to hydrolysis) is 3. The molecule has 0 saturated heterocycles. The van der Waals surface area contributed by atoms with Crippen LogP contribution in [0.3, 0.4) is 0 Å². The third-order valence-electron chi connectivity index (χ3n) is 18.7. The summed E-state index contributed by atoms with van der Waals surface area (Å²) in [5.41, 5.74) is -0.423. The highest BCUT2D eigenvalue weighted by atomic mass is 16.6. The van der Waals surface area contributed by atoms with Crippen LogP contribution in [0.2, 0.25) is 0 Å². The number of aromatic nitrogens is 2. The molecule has 1 aromatic heterocycles. The molecule has 0 aliphatic heterocycles. The van der Waals surface area contributed by atoms with Crippen LogP contribution in [0.4, 0.5) is 25.1 Å². The highest BCUT2D eigenvalue weighted by Gasteiger charge is 2.43. The van der Waals surface area contributed by atoms with Crippen molar-refractivity contribution >= 4 is 30.3 Å². The van der Waals surface area contributed by atoms with Gasteiger partial charge in [0.15, 0.2) is 0 Å². The molecule has 0 spiro atoms. The standard InChI is InChI=1S/C71H131N7O8/c1-12-16-20-24-28-30-34-38-42-57(40-36-32-26-22-18-14-3)50-85-66(82)75-59-46-68(6,7)52-70(10,48-59)54-72-64(80)78-63-74-56(5)61(62(79)77-63)44-45-84-65(81)73-55-71(11)49-60(47-69(8,9)53-71)76-67(83)86-51-58(41-37-33-27-23-19-15-4)43-39-35-31-29-25-21-17-13-2/h57-60H,12-55H2,1-11H3,(H,73,81)(H,75,82)(H,76,83)(H3,72,74,77,78,79,80). The summed E-state index contributed by atoms with van der Waals surface area (Å²) >= 11 is 0. The molecule has 5 amide bonds. The number of hydrogen-bond acceptors (Lipinski definition) is 9. The smallest absolute Gasteiger partial charge is 0.407 e. The van der Waals surface area contributed by atoms with Gasteiger partial charge in [-0.2, -0.15) is 4.98 Å². The fourth-order valence-corrected chi connectivity index (χ4v) is 14.7. The molecule has 15 nitrogen and oxygen atoms in total. The molecule has 6 atom stereocenters. The summed E-state index contributed by atoms with van der Waals surface area (Å²) in [6, 6.07) is -0.693. The van der Waals surface area contributed by atoms with Crippen molar-refractivity contribution in [2.75, 3.05) is 38.2 Å². The maximum absolute atomic E-state index is 13.4. The van der Waals surface area contributed by atoms with E-state index in [9.17, 15) is 24.0 Å². The summed E-state index contributed by atoms with van der Waals surface area (Å²) in [5.74, 6) is 0.785. The predicted octanol–water partition coefficient (Wildman–Crippen LogP) is 18.9. The van der Waals surface area contributed by atoms with Crippen molar-refractivity contribution in [1.82, 2.24) is 31.2 Å². The van der Waals surface area contributed by atoms with Gasteiger partial charge in [-0.05, 0) is 105 Å². The second kappa shape index (κ2) is 42.8. The van der Waals surface area contributed by atoms with Crippen molar-refractivity contribution in [3.8, 4) is 0 Å². The molecule has 6 unspecified atom stereocenters. The minimum absolute atomic E-state index is 0.0208. The molecule has 0 aromatic carbocycles. The van der Waals surface area contributed by atoms with E-state index in [-0.39, 0.29) is 64.9 Å². The number of hydrogen-bond donors (Lipinski definition) is 6. The molecule has 15 heteroatoms. The molecule has 0 bridgehead atoms. The first-order chi connectivity index (χ1) is 41.1. The zero-order valence-electron chi connectivity index (χ0n) is 57.1. The lowest BCUT2D eigenvalue weighted by atomic mass is 9.62. The van der Waals surface area contributed by atoms with Crippen molar-refractivity contribution in [2.24, 2.45) is 33.5 Å². The number of nitrogens with zero attached hydrogens (tertiary/aromatic N) is 1. The van der Waals surface area contributed by atoms with Gasteiger partial charge in [0.25, 0.3) is 5.56 Å². The normalized spacial score (nSPS) is 20.5. The van der Waals surface area contributed by atoms with Crippen LogP contribution < -0.4 is 32.1 Å². The average molecular weight is 1210 g/mol. The zero-order chi connectivity index (χ0) is 63.1. The molecule has 6 N–H and O–H groups in total. The molecule has 498 valence electrons. The maximum atomic E-state index is 13.4. The molecule has 2 aliphatic carbocycles. The van der Waals surface area contributed by atoms with E-state index >= 15 is 0 Å². The maximum Gasteiger partial charge on any atom is 0.407 e. The number of rotatable bonds is 46. The van der Waals surface area contributed by atoms with Crippen molar-refractivity contribution in [3.05, 3.63) is 21.6 Å². The summed E-state index contributed by atoms with van der Waals surface area (Å²) < 4.78 is 17.5. The predicted molar refractivity (Wildman–Crippen MR) is 355 cm³/mol. The van der Waals surface area contributed by atoms with Gasteiger partial charge in [0.05, 0.1) is 19.8 Å². The number of amides is 5. The second-order valence-electron chi connectivity index (χ2n) is 29.4. The lowest BCUT2D eigenvalue weighted by Crippen LogP contribution is -2.51. The lowest BCUT2D eigenvalue weighted by molar-refractivity contribution is 0.0596. The van der Waals surface area contributed by atoms with Gasteiger partial charge in [-0.3, -0.25) is 10.1 Å². The Morgan fingerprint density at radius 1 is 0.500 bits per heavy atom. The lowest BCUT2D eigenvalue weighted by Gasteiger charge is -2.46. The van der Waals surface area contributed by atoms with Gasteiger partial charge in [0, 0.05) is 42.9 Å². The van der Waals surface area contributed by atoms with Crippen molar-refractivity contribution in [2.45, 2.75) is 339 Å². The Bertz CT molecular complexity index is 2080. The van der Waals surface area contributed by atoms with E-state index in [1.165, 1.54) is 180 Å². The Labute approximate surface area is 524 Å². The van der Waals surface area contributed by atoms with Crippen LogP contribution in [0.1, 0.15) is 324 Å². The van der Waals surface area contributed by atoms with Crippen LogP contribution in [-0.2, 0) is 20.6 Å². The number of H-pyrrole nitrogens is 1. The van der Waals surface area contributed by atoms with Crippen LogP contribution in [-0.4, -0.2) is 79.3 Å². The van der Waals surface area contributed by atoms with E-state index in [0.29, 0.717) is 62.2 Å². The van der Waals surface area contributed by atoms with Crippen LogP contribution in [0.5, 0.6) is 0 Å². The summed E-state index contributed by atoms with van der Waals surface area (Å²) in [5, 5.41) is 15.1. The fourth-order valence-electron chi connectivity index (χ4n) is 14.7. The van der Waals surface area contributed by atoms with Crippen LogP contribution in [0.25, 0.3) is 0 Å². The van der Waals surface area contributed by atoms with Gasteiger partial charge in [-0.25, -0.2) is 19.2 Å². The first kappa shape index (κ1) is 76.2. The van der Waals surface area contributed by atoms with Gasteiger partial charge in [-0.1, -0.05) is 249 Å². The van der Waals surface area contributed by atoms with Crippen LogP contribution >= 0.6 is 0 Å². The number of ether oxygens (including phenoxy) is 3. The Hall–Kier alpha value is -4.04. The second-order valence-corrected chi connectivity index (χ2v) is 29.4. The minimum Gasteiger partial charge on any atom is -0.449 e. The first-order valence-corrected chi connectivity index (χ1v) is 35.5. The number of aryl methyl sites for hydroxylation is 1. The van der Waals surface area contributed by atoms with E-state index in [2.05, 4.69) is 106 Å². The third-order valence-corrected chi connectivity index (χ3v) is 18.7. The zero-order valence-corrected chi connectivity index (χ0v) is 57.1. The Morgan fingerprint density at radius 3 is 1.23 bits per heavy atom. The Kier molecular flexibility index (Phi) is 37.9. The number of unbranched alkanes of at least 4 members (excludes halogenated alkanes) is 24. The molecule has 0 radical (unpaired) electrons. The van der Waals surface area contributed by atoms with Gasteiger partial charge in [0.2, 0.25) is 5.95 Å². The summed E-state index contributed by atoms with van der Waals surface area (Å²) in [4.78, 5) is 73.7. The highest BCUT2D eigenvalue weighted by molar-refractivity contribution is 5.87. The molecule has 1 aromatic rings. The number of anilines is 1. The number of carbonyl (C=O) groups excluding carboxylic acids is 4. The number of aromatic amines is 1.